The van der Waals surface area contributed by atoms with E-state index in [0.29, 0.717) is 5.88 Å². The molecule has 1 heterocycles. The first-order valence-electron chi connectivity index (χ1n) is 6.40. The van der Waals surface area contributed by atoms with Crippen LogP contribution < -0.4 is 4.90 Å². The number of anilines is 1. The van der Waals surface area contributed by atoms with Crippen molar-refractivity contribution in [2.45, 2.75) is 38.0 Å². The molecule has 0 unspecified atom stereocenters. The molecule has 0 aliphatic carbocycles. The van der Waals surface area contributed by atoms with Gasteiger partial charge < -0.3 is 4.90 Å². The summed E-state index contributed by atoms with van der Waals surface area (Å²) in [5.41, 5.74) is 2.26. The number of benzene rings is 1. The van der Waals surface area contributed by atoms with Gasteiger partial charge in [0.1, 0.15) is 0 Å². The first-order valence-corrected chi connectivity index (χ1v) is 7.32. The maximum atomic E-state index is 6.21. The third-order valence-electron chi connectivity index (χ3n) is 3.40. The molecule has 0 saturated carbocycles. The predicted octanol–water partition coefficient (Wildman–Crippen LogP) is 4.85. The summed E-state index contributed by atoms with van der Waals surface area (Å²) in [4.78, 5) is 2.45. The van der Waals surface area contributed by atoms with E-state index >= 15 is 0 Å². The van der Waals surface area contributed by atoms with Crippen LogP contribution >= 0.6 is 23.2 Å². The minimum Gasteiger partial charge on any atom is -0.371 e. The zero-order valence-electron chi connectivity index (χ0n) is 10.1. The van der Waals surface area contributed by atoms with E-state index in [1.807, 2.05) is 6.07 Å². The second kappa shape index (κ2) is 6.51. The molecule has 1 aromatic carbocycles. The van der Waals surface area contributed by atoms with Crippen molar-refractivity contribution in [1.82, 2.24) is 0 Å². The summed E-state index contributed by atoms with van der Waals surface area (Å²) in [5.74, 6) is 0.485. The molecule has 2 rings (SSSR count). The van der Waals surface area contributed by atoms with Gasteiger partial charge in [0.2, 0.25) is 0 Å². The molecule has 0 N–H and O–H groups in total. The molecule has 17 heavy (non-hydrogen) atoms. The van der Waals surface area contributed by atoms with Crippen LogP contribution in [0.4, 0.5) is 5.69 Å². The summed E-state index contributed by atoms with van der Waals surface area (Å²) in [7, 11) is 0. The van der Waals surface area contributed by atoms with Crippen molar-refractivity contribution in [2.24, 2.45) is 0 Å². The molecule has 1 nitrogen and oxygen atoms in total. The lowest BCUT2D eigenvalue weighted by molar-refractivity contribution is 0.556. The van der Waals surface area contributed by atoms with Gasteiger partial charge in [0, 0.05) is 29.7 Å². The zero-order chi connectivity index (χ0) is 12.1. The van der Waals surface area contributed by atoms with E-state index in [9.17, 15) is 0 Å². The van der Waals surface area contributed by atoms with E-state index in [2.05, 4.69) is 17.0 Å². The number of hydrogen-bond donors (Lipinski definition) is 0. The molecule has 0 amide bonds. The molecule has 0 radical (unpaired) electrons. The SMILES string of the molecule is ClCc1ccc(N2CCCCCCC2)cc1Cl. The van der Waals surface area contributed by atoms with Crippen molar-refractivity contribution in [3.05, 3.63) is 28.8 Å². The summed E-state index contributed by atoms with van der Waals surface area (Å²) in [6.45, 7) is 2.30. The van der Waals surface area contributed by atoms with Gasteiger partial charge in [-0.3, -0.25) is 0 Å². The van der Waals surface area contributed by atoms with Gasteiger partial charge in [0.05, 0.1) is 0 Å². The fourth-order valence-corrected chi connectivity index (χ4v) is 2.89. The van der Waals surface area contributed by atoms with Crippen molar-refractivity contribution in [1.29, 1.82) is 0 Å². The summed E-state index contributed by atoms with van der Waals surface area (Å²) < 4.78 is 0. The highest BCUT2D eigenvalue weighted by Crippen LogP contribution is 2.26. The number of hydrogen-bond acceptors (Lipinski definition) is 1. The van der Waals surface area contributed by atoms with Crippen LogP contribution in [0.15, 0.2) is 18.2 Å². The summed E-state index contributed by atoms with van der Waals surface area (Å²) in [5, 5.41) is 0.791. The van der Waals surface area contributed by atoms with Gasteiger partial charge in [-0.25, -0.2) is 0 Å². The number of rotatable bonds is 2. The third kappa shape index (κ3) is 3.53. The van der Waals surface area contributed by atoms with Gasteiger partial charge in [0.25, 0.3) is 0 Å². The van der Waals surface area contributed by atoms with Gasteiger partial charge in [-0.2, -0.15) is 0 Å². The fraction of sp³-hybridized carbons (Fsp3) is 0.571. The standard InChI is InChI=1S/C14H19Cl2N/c15-11-12-6-7-13(10-14(12)16)17-8-4-2-1-3-5-9-17/h6-7,10H,1-5,8-9,11H2. The number of alkyl halides is 1. The van der Waals surface area contributed by atoms with Crippen molar-refractivity contribution in [3.63, 3.8) is 0 Å². The molecule has 1 aliphatic heterocycles. The van der Waals surface area contributed by atoms with E-state index in [4.69, 9.17) is 23.2 Å². The molecule has 0 aromatic heterocycles. The Morgan fingerprint density at radius 1 is 1.00 bits per heavy atom. The molecule has 94 valence electrons. The Morgan fingerprint density at radius 2 is 1.65 bits per heavy atom. The van der Waals surface area contributed by atoms with Crippen LogP contribution in [0.2, 0.25) is 5.02 Å². The van der Waals surface area contributed by atoms with Crippen LogP contribution in [-0.2, 0) is 5.88 Å². The summed E-state index contributed by atoms with van der Waals surface area (Å²) in [6, 6.07) is 6.25. The Balaban J connectivity index is 2.11. The van der Waals surface area contributed by atoms with Gasteiger partial charge in [-0.05, 0) is 30.5 Å². The van der Waals surface area contributed by atoms with Crippen LogP contribution in [0.1, 0.15) is 37.7 Å². The Labute approximate surface area is 114 Å². The number of nitrogens with zero attached hydrogens (tertiary/aromatic N) is 1. The van der Waals surface area contributed by atoms with E-state index in [-0.39, 0.29) is 0 Å². The fourth-order valence-electron chi connectivity index (χ4n) is 2.35. The van der Waals surface area contributed by atoms with Crippen molar-refractivity contribution in [3.8, 4) is 0 Å². The summed E-state index contributed by atoms with van der Waals surface area (Å²) in [6.07, 6.45) is 6.66. The Morgan fingerprint density at radius 3 is 2.24 bits per heavy atom. The van der Waals surface area contributed by atoms with Gasteiger partial charge in [-0.15, -0.1) is 11.6 Å². The first-order chi connectivity index (χ1) is 8.31. The minimum absolute atomic E-state index is 0.485. The molecule has 1 aliphatic rings. The van der Waals surface area contributed by atoms with Crippen LogP contribution in [0, 0.1) is 0 Å². The molecule has 3 heteroatoms. The average Bonchev–Trinajstić information content (AvgIpc) is 2.28. The molecule has 1 fully saturated rings. The smallest absolute Gasteiger partial charge is 0.0488 e. The Kier molecular flexibility index (Phi) is 4.99. The van der Waals surface area contributed by atoms with Crippen molar-refractivity contribution in [2.75, 3.05) is 18.0 Å². The van der Waals surface area contributed by atoms with Crippen molar-refractivity contribution >= 4 is 28.9 Å². The van der Waals surface area contributed by atoms with E-state index in [0.717, 1.165) is 23.7 Å². The van der Waals surface area contributed by atoms with Crippen LogP contribution in [0.3, 0.4) is 0 Å². The lowest BCUT2D eigenvalue weighted by Crippen LogP contribution is -2.26. The quantitative estimate of drug-likeness (QED) is 0.696. The van der Waals surface area contributed by atoms with Crippen molar-refractivity contribution < 1.29 is 0 Å². The van der Waals surface area contributed by atoms with Gasteiger partial charge in [0.15, 0.2) is 0 Å². The lowest BCUT2D eigenvalue weighted by Gasteiger charge is -2.27. The van der Waals surface area contributed by atoms with E-state index < -0.39 is 0 Å². The average molecular weight is 272 g/mol. The van der Waals surface area contributed by atoms with Crippen LogP contribution in [0.25, 0.3) is 0 Å². The molecule has 0 atom stereocenters. The minimum atomic E-state index is 0.485. The maximum absolute atomic E-state index is 6.21. The monoisotopic (exact) mass is 271 g/mol. The topological polar surface area (TPSA) is 3.24 Å². The molecular formula is C14H19Cl2N. The van der Waals surface area contributed by atoms with Crippen LogP contribution in [0.5, 0.6) is 0 Å². The predicted molar refractivity (Wildman–Crippen MR) is 76.3 cm³/mol. The maximum Gasteiger partial charge on any atom is 0.0488 e. The Bertz CT molecular complexity index is 357. The second-order valence-electron chi connectivity index (χ2n) is 4.66. The summed E-state index contributed by atoms with van der Waals surface area (Å²) >= 11 is 12.0. The van der Waals surface area contributed by atoms with Crippen LogP contribution in [-0.4, -0.2) is 13.1 Å². The largest absolute Gasteiger partial charge is 0.371 e. The second-order valence-corrected chi connectivity index (χ2v) is 5.34. The normalized spacial score (nSPS) is 17.6. The Hall–Kier alpha value is -0.400. The lowest BCUT2D eigenvalue weighted by atomic mass is 10.1. The van der Waals surface area contributed by atoms with Gasteiger partial charge in [-0.1, -0.05) is 36.9 Å². The molecule has 1 saturated heterocycles. The molecule has 1 aromatic rings. The highest BCUT2D eigenvalue weighted by Gasteiger charge is 2.10. The third-order valence-corrected chi connectivity index (χ3v) is 4.04. The number of halogens is 2. The highest BCUT2D eigenvalue weighted by atomic mass is 35.5. The highest BCUT2D eigenvalue weighted by molar-refractivity contribution is 6.32. The molecular weight excluding hydrogens is 253 g/mol. The molecule has 0 bridgehead atoms. The van der Waals surface area contributed by atoms with E-state index in [1.165, 1.54) is 37.8 Å². The first kappa shape index (κ1) is 13.0. The molecule has 0 spiro atoms. The van der Waals surface area contributed by atoms with Gasteiger partial charge >= 0.3 is 0 Å². The van der Waals surface area contributed by atoms with E-state index in [1.54, 1.807) is 0 Å². The zero-order valence-corrected chi connectivity index (χ0v) is 11.6.